The molecule has 0 unspecified atom stereocenters. The topological polar surface area (TPSA) is 177 Å². The number of hydrogen-bond donors (Lipinski definition) is 8. The molecular formula is C3H14N10. The van der Waals surface area contributed by atoms with Gasteiger partial charge in [-0.1, -0.05) is 0 Å². The molecular weight excluding hydrogens is 176 g/mol. The highest BCUT2D eigenvalue weighted by molar-refractivity contribution is 5.80. The molecule has 12 N–H and O–H groups in total. The second-order valence-corrected chi connectivity index (χ2v) is 1.75. The van der Waals surface area contributed by atoms with Crippen LogP contribution in [0.25, 0.3) is 0 Å². The first-order chi connectivity index (χ1) is 6.28. The highest BCUT2D eigenvalue weighted by Gasteiger charge is 1.92. The maximum absolute atomic E-state index is 5.02. The fourth-order valence-corrected chi connectivity index (χ4v) is 0.460. The molecule has 0 amide bonds. The van der Waals surface area contributed by atoms with E-state index in [0.717, 1.165) is 0 Å². The summed E-state index contributed by atoms with van der Waals surface area (Å²) < 4.78 is 0. The number of nitrogens with two attached hydrogens (primary N) is 4. The minimum Gasteiger partial charge on any atom is -0.334 e. The van der Waals surface area contributed by atoms with E-state index in [1.54, 1.807) is 0 Å². The number of hydrazone groups is 1. The molecule has 0 heterocycles. The van der Waals surface area contributed by atoms with Gasteiger partial charge in [-0.05, 0) is 0 Å². The largest absolute Gasteiger partial charge is 0.334 e. The zero-order chi connectivity index (χ0) is 10.1. The lowest BCUT2D eigenvalue weighted by atomic mass is 10.9. The average Bonchev–Trinajstić information content (AvgIpc) is 2.19. The first-order valence-corrected chi connectivity index (χ1v) is 3.24. The van der Waals surface area contributed by atoms with Gasteiger partial charge in [0, 0.05) is 0 Å². The highest BCUT2D eigenvalue weighted by atomic mass is 15.4. The van der Waals surface area contributed by atoms with Crippen LogP contribution in [0.2, 0.25) is 0 Å². The molecule has 0 aromatic carbocycles. The number of guanidine groups is 2. The zero-order valence-electron chi connectivity index (χ0n) is 6.91. The van der Waals surface area contributed by atoms with E-state index in [9.17, 15) is 0 Å². The van der Waals surface area contributed by atoms with Crippen LogP contribution in [0.5, 0.6) is 0 Å². The van der Waals surface area contributed by atoms with Gasteiger partial charge in [0.2, 0.25) is 11.9 Å². The minimum atomic E-state index is 0.157. The zero-order valence-corrected chi connectivity index (χ0v) is 6.91. The lowest BCUT2D eigenvalue weighted by Gasteiger charge is -2.06. The smallest absolute Gasteiger partial charge is 0.229 e. The van der Waals surface area contributed by atoms with Crippen LogP contribution in [0.4, 0.5) is 0 Å². The Hall–Kier alpha value is -1.78. The maximum Gasteiger partial charge on any atom is 0.229 e. The Morgan fingerprint density at radius 1 is 1.00 bits per heavy atom. The Kier molecular flexibility index (Phi) is 5.96. The predicted molar refractivity (Wildman–Crippen MR) is 49.0 cm³/mol. The normalized spacial score (nSPS) is 10.2. The van der Waals surface area contributed by atoms with Crippen molar-refractivity contribution in [2.45, 2.75) is 0 Å². The Balaban J connectivity index is 3.82. The maximum atomic E-state index is 5.02. The van der Waals surface area contributed by atoms with Gasteiger partial charge >= 0.3 is 0 Å². The molecule has 0 radical (unpaired) electrons. The summed E-state index contributed by atoms with van der Waals surface area (Å²) in [5, 5.41) is 5.88. The van der Waals surface area contributed by atoms with Gasteiger partial charge in [-0.2, -0.15) is 0 Å². The van der Waals surface area contributed by atoms with E-state index in [1.807, 2.05) is 0 Å². The Bertz CT molecular complexity index is 177. The molecule has 0 aliphatic rings. The SMILES string of the molecule is N/N=C(/NN)NCN=C(NN)NN. The third-order valence-electron chi connectivity index (χ3n) is 1.02. The van der Waals surface area contributed by atoms with E-state index in [1.165, 1.54) is 0 Å². The molecule has 10 nitrogen and oxygen atoms in total. The summed E-state index contributed by atoms with van der Waals surface area (Å²) in [5.41, 5.74) is 6.63. The van der Waals surface area contributed by atoms with Crippen LogP contribution in [-0.2, 0) is 0 Å². The van der Waals surface area contributed by atoms with Crippen LogP contribution < -0.4 is 45.0 Å². The summed E-state index contributed by atoms with van der Waals surface area (Å²) in [6.45, 7) is 0.157. The highest BCUT2D eigenvalue weighted by Crippen LogP contribution is 1.65. The van der Waals surface area contributed by atoms with Crippen molar-refractivity contribution in [3.8, 4) is 0 Å². The molecule has 0 saturated carbocycles. The predicted octanol–water partition coefficient (Wildman–Crippen LogP) is -4.49. The lowest BCUT2D eigenvalue weighted by Crippen LogP contribution is -2.47. The molecule has 0 aliphatic carbocycles. The van der Waals surface area contributed by atoms with Crippen LogP contribution in [0.15, 0.2) is 10.1 Å². The van der Waals surface area contributed by atoms with E-state index in [2.05, 4.69) is 31.7 Å². The second kappa shape index (κ2) is 6.90. The number of rotatable bonds is 2. The number of hydrogen-bond acceptors (Lipinski definition) is 6. The number of aliphatic imine (C=N–C) groups is 1. The van der Waals surface area contributed by atoms with Crippen molar-refractivity contribution in [1.29, 1.82) is 0 Å². The molecule has 0 fully saturated rings. The molecule has 0 bridgehead atoms. The molecule has 0 aliphatic heterocycles. The third-order valence-corrected chi connectivity index (χ3v) is 1.02. The van der Waals surface area contributed by atoms with Crippen LogP contribution in [-0.4, -0.2) is 18.6 Å². The van der Waals surface area contributed by atoms with Crippen molar-refractivity contribution >= 4 is 11.9 Å². The van der Waals surface area contributed by atoms with Crippen LogP contribution in [0.3, 0.4) is 0 Å². The van der Waals surface area contributed by atoms with Crippen molar-refractivity contribution in [2.75, 3.05) is 6.67 Å². The standard InChI is InChI=1S/C3H14N10/c4-10-2(11-5)8-1-9-3(12-6)13-7/h1,4-7H2,(H2,8,10,11)(H2,9,12,13). The molecule has 0 saturated heterocycles. The van der Waals surface area contributed by atoms with Gasteiger partial charge in [-0.15, -0.1) is 5.10 Å². The van der Waals surface area contributed by atoms with Crippen molar-refractivity contribution in [3.05, 3.63) is 0 Å². The summed E-state index contributed by atoms with van der Waals surface area (Å²) in [7, 11) is 0. The van der Waals surface area contributed by atoms with E-state index in [-0.39, 0.29) is 18.6 Å². The van der Waals surface area contributed by atoms with Gasteiger partial charge in [-0.3, -0.25) is 16.3 Å². The van der Waals surface area contributed by atoms with Crippen molar-refractivity contribution in [3.63, 3.8) is 0 Å². The van der Waals surface area contributed by atoms with Crippen molar-refractivity contribution < 1.29 is 0 Å². The molecule has 0 atom stereocenters. The monoisotopic (exact) mass is 190 g/mol. The van der Waals surface area contributed by atoms with E-state index in [4.69, 9.17) is 23.4 Å². The van der Waals surface area contributed by atoms with Gasteiger partial charge < -0.3 is 11.2 Å². The molecule has 10 heteroatoms. The van der Waals surface area contributed by atoms with Crippen LogP contribution >= 0.6 is 0 Å². The van der Waals surface area contributed by atoms with Crippen molar-refractivity contribution in [2.24, 2.45) is 33.5 Å². The Morgan fingerprint density at radius 2 is 1.54 bits per heavy atom. The third kappa shape index (κ3) is 4.62. The number of nitrogens with zero attached hydrogens (tertiary/aromatic N) is 2. The van der Waals surface area contributed by atoms with Crippen LogP contribution in [0, 0.1) is 0 Å². The van der Waals surface area contributed by atoms with E-state index >= 15 is 0 Å². The molecule has 13 heavy (non-hydrogen) atoms. The lowest BCUT2D eigenvalue weighted by molar-refractivity contribution is 0.813. The van der Waals surface area contributed by atoms with Gasteiger partial charge in [0.25, 0.3) is 0 Å². The summed E-state index contributed by atoms with van der Waals surface area (Å²) in [6.07, 6.45) is 0. The summed E-state index contributed by atoms with van der Waals surface area (Å²) in [5.74, 6) is 20.4. The number of hydrazine groups is 3. The van der Waals surface area contributed by atoms with Gasteiger partial charge in [0.15, 0.2) is 0 Å². The fourth-order valence-electron chi connectivity index (χ4n) is 0.460. The second-order valence-electron chi connectivity index (χ2n) is 1.75. The summed E-state index contributed by atoms with van der Waals surface area (Å²) >= 11 is 0. The first kappa shape index (κ1) is 11.2. The number of nitrogens with one attached hydrogen (secondary N) is 4. The quantitative estimate of drug-likeness (QED) is 0.0929. The van der Waals surface area contributed by atoms with Crippen molar-refractivity contribution in [1.82, 2.24) is 21.6 Å². The molecule has 0 spiro atoms. The fraction of sp³-hybridized carbons (Fsp3) is 0.333. The van der Waals surface area contributed by atoms with Gasteiger partial charge in [-0.25, -0.2) is 22.5 Å². The molecule has 0 aromatic rings. The minimum absolute atomic E-state index is 0.157. The van der Waals surface area contributed by atoms with Gasteiger partial charge in [0.1, 0.15) is 6.67 Å². The average molecular weight is 190 g/mol. The Labute approximate surface area is 74.7 Å². The van der Waals surface area contributed by atoms with E-state index < -0.39 is 0 Å². The van der Waals surface area contributed by atoms with E-state index in [0.29, 0.717) is 0 Å². The molecule has 0 aromatic heterocycles. The first-order valence-electron chi connectivity index (χ1n) is 3.24. The van der Waals surface area contributed by atoms with Crippen LogP contribution in [0.1, 0.15) is 0 Å². The Morgan fingerprint density at radius 3 is 1.92 bits per heavy atom. The molecule has 76 valence electrons. The summed E-state index contributed by atoms with van der Waals surface area (Å²) in [6, 6.07) is 0. The van der Waals surface area contributed by atoms with Gasteiger partial charge in [0.05, 0.1) is 0 Å². The summed E-state index contributed by atoms with van der Waals surface area (Å²) in [4.78, 5) is 3.80. The molecule has 0 rings (SSSR count).